The van der Waals surface area contributed by atoms with E-state index < -0.39 is 9.84 Å². The van der Waals surface area contributed by atoms with Gasteiger partial charge in [-0.05, 0) is 25.0 Å². The molecule has 0 bridgehead atoms. The number of nitrogens with zero attached hydrogens (tertiary/aromatic N) is 3. The van der Waals surface area contributed by atoms with Crippen molar-refractivity contribution in [2.75, 3.05) is 43.4 Å². The maximum absolute atomic E-state index is 12.9. The fourth-order valence-corrected chi connectivity index (χ4v) is 4.93. The number of hydrogen-bond acceptors (Lipinski definition) is 5. The highest BCUT2D eigenvalue weighted by Gasteiger charge is 2.33. The summed E-state index contributed by atoms with van der Waals surface area (Å²) >= 11 is 0. The van der Waals surface area contributed by atoms with Crippen molar-refractivity contribution in [1.29, 1.82) is 0 Å². The molecule has 3 rings (SSSR count). The second kappa shape index (κ2) is 5.88. The molecule has 3 heterocycles. The van der Waals surface area contributed by atoms with Gasteiger partial charge < -0.3 is 4.90 Å². The monoisotopic (exact) mass is 313 g/mol. The molecule has 0 aromatic carbocycles. The summed E-state index contributed by atoms with van der Waals surface area (Å²) in [5.41, 5.74) is 0. The van der Waals surface area contributed by atoms with Crippen molar-refractivity contribution >= 4 is 15.7 Å². The van der Waals surface area contributed by atoms with Crippen LogP contribution in [-0.4, -0.2) is 62.0 Å². The van der Waals surface area contributed by atoms with Gasteiger partial charge in [0, 0.05) is 32.7 Å². The van der Waals surface area contributed by atoms with Crippen LogP contribution in [0, 0.1) is 5.82 Å². The number of anilines is 1. The highest BCUT2D eigenvalue weighted by Crippen LogP contribution is 2.22. The Morgan fingerprint density at radius 1 is 1.24 bits per heavy atom. The lowest BCUT2D eigenvalue weighted by molar-refractivity contribution is 0.255. The van der Waals surface area contributed by atoms with E-state index in [0.29, 0.717) is 12.3 Å². The first-order valence-electron chi connectivity index (χ1n) is 7.35. The van der Waals surface area contributed by atoms with Gasteiger partial charge >= 0.3 is 0 Å². The lowest BCUT2D eigenvalue weighted by Gasteiger charge is -2.36. The Labute approximate surface area is 124 Å². The van der Waals surface area contributed by atoms with E-state index in [4.69, 9.17) is 0 Å². The van der Waals surface area contributed by atoms with E-state index in [9.17, 15) is 12.8 Å². The number of hydrogen-bond donors (Lipinski definition) is 0. The van der Waals surface area contributed by atoms with Crippen molar-refractivity contribution in [1.82, 2.24) is 9.88 Å². The Kier molecular flexibility index (Phi) is 4.12. The van der Waals surface area contributed by atoms with Crippen LogP contribution in [0.5, 0.6) is 0 Å². The molecular weight excluding hydrogens is 293 g/mol. The van der Waals surface area contributed by atoms with Gasteiger partial charge in [0.2, 0.25) is 0 Å². The van der Waals surface area contributed by atoms with Crippen LogP contribution in [-0.2, 0) is 9.84 Å². The van der Waals surface area contributed by atoms with Crippen LogP contribution in [0.3, 0.4) is 0 Å². The quantitative estimate of drug-likeness (QED) is 0.830. The average molecular weight is 313 g/mol. The van der Waals surface area contributed by atoms with Crippen molar-refractivity contribution in [3.05, 3.63) is 24.1 Å². The van der Waals surface area contributed by atoms with E-state index in [2.05, 4.69) is 14.8 Å². The second-order valence-corrected chi connectivity index (χ2v) is 8.15. The van der Waals surface area contributed by atoms with E-state index in [1.807, 2.05) is 0 Å². The summed E-state index contributed by atoms with van der Waals surface area (Å²) in [6.07, 6.45) is 2.82. The van der Waals surface area contributed by atoms with Crippen LogP contribution in [0.1, 0.15) is 12.8 Å². The Bertz CT molecular complexity index is 583. The van der Waals surface area contributed by atoms with Crippen molar-refractivity contribution in [2.45, 2.75) is 18.1 Å². The van der Waals surface area contributed by atoms with Gasteiger partial charge in [-0.2, -0.15) is 0 Å². The highest BCUT2D eigenvalue weighted by atomic mass is 32.2. The summed E-state index contributed by atoms with van der Waals surface area (Å²) in [7, 11) is -2.87. The molecule has 1 aromatic heterocycles. The van der Waals surface area contributed by atoms with Gasteiger partial charge in [0.15, 0.2) is 9.84 Å². The number of rotatable bonds is 3. The van der Waals surface area contributed by atoms with Gasteiger partial charge in [0.1, 0.15) is 11.6 Å². The maximum Gasteiger partial charge on any atom is 0.154 e. The first-order valence-corrected chi connectivity index (χ1v) is 9.06. The maximum atomic E-state index is 12.9. The minimum absolute atomic E-state index is 0.187. The Balaban J connectivity index is 1.54. The van der Waals surface area contributed by atoms with Crippen LogP contribution in [0.4, 0.5) is 10.2 Å². The number of sulfone groups is 1. The first-order chi connectivity index (χ1) is 10.0. The molecule has 0 saturated carbocycles. The Hall–Kier alpha value is -1.21. The van der Waals surface area contributed by atoms with Gasteiger partial charge in [-0.3, -0.25) is 4.90 Å². The second-order valence-electron chi connectivity index (χ2n) is 5.75. The van der Waals surface area contributed by atoms with Gasteiger partial charge in [-0.15, -0.1) is 0 Å². The predicted octanol–water partition coefficient (Wildman–Crippen LogP) is 0.920. The highest BCUT2D eigenvalue weighted by molar-refractivity contribution is 7.92. The summed E-state index contributed by atoms with van der Waals surface area (Å²) in [6.45, 7) is 3.89. The zero-order valence-electron chi connectivity index (χ0n) is 11.9. The summed E-state index contributed by atoms with van der Waals surface area (Å²) in [4.78, 5) is 8.42. The molecule has 1 unspecified atom stereocenters. The van der Waals surface area contributed by atoms with E-state index in [0.717, 1.165) is 44.8 Å². The smallest absolute Gasteiger partial charge is 0.154 e. The van der Waals surface area contributed by atoms with Crippen LogP contribution in [0.2, 0.25) is 0 Å². The molecule has 2 aliphatic heterocycles. The summed E-state index contributed by atoms with van der Waals surface area (Å²) < 4.78 is 36.6. The molecule has 1 aromatic rings. The molecule has 2 aliphatic rings. The van der Waals surface area contributed by atoms with Gasteiger partial charge in [-0.25, -0.2) is 17.8 Å². The number of aromatic nitrogens is 1. The lowest BCUT2D eigenvalue weighted by Crippen LogP contribution is -2.49. The standard InChI is InChI=1S/C14H20FN3O2S/c15-12-3-4-14(16-10-12)18-7-5-17(6-8-18)11-13-2-1-9-21(13,19)20/h3-4,10,13H,1-2,5-9,11H2. The van der Waals surface area contributed by atoms with Crippen molar-refractivity contribution < 1.29 is 12.8 Å². The molecule has 7 heteroatoms. The number of pyridine rings is 1. The van der Waals surface area contributed by atoms with E-state index >= 15 is 0 Å². The number of piperazine rings is 1. The lowest BCUT2D eigenvalue weighted by atomic mass is 10.2. The van der Waals surface area contributed by atoms with Crippen LogP contribution in [0.25, 0.3) is 0 Å². The van der Waals surface area contributed by atoms with Crippen molar-refractivity contribution in [3.8, 4) is 0 Å². The summed E-state index contributed by atoms with van der Waals surface area (Å²) in [6, 6.07) is 3.10. The Morgan fingerprint density at radius 2 is 2.00 bits per heavy atom. The van der Waals surface area contributed by atoms with Crippen molar-refractivity contribution in [3.63, 3.8) is 0 Å². The average Bonchev–Trinajstić information content (AvgIpc) is 2.80. The molecule has 1 atom stereocenters. The third-order valence-corrected chi connectivity index (χ3v) is 6.59. The van der Waals surface area contributed by atoms with E-state index in [-0.39, 0.29) is 11.1 Å². The SMILES string of the molecule is O=S1(=O)CCCC1CN1CCN(c2ccc(F)cn2)CC1. The zero-order valence-corrected chi connectivity index (χ0v) is 12.7. The first kappa shape index (κ1) is 14.7. The Morgan fingerprint density at radius 3 is 2.57 bits per heavy atom. The van der Waals surface area contributed by atoms with Gasteiger partial charge in [0.25, 0.3) is 0 Å². The third-order valence-electron chi connectivity index (χ3n) is 4.33. The molecule has 2 saturated heterocycles. The van der Waals surface area contributed by atoms with Crippen LogP contribution < -0.4 is 4.90 Å². The molecule has 116 valence electrons. The molecule has 0 amide bonds. The fourth-order valence-electron chi connectivity index (χ4n) is 3.07. The van der Waals surface area contributed by atoms with E-state index in [1.54, 1.807) is 6.07 Å². The molecule has 5 nitrogen and oxygen atoms in total. The molecular formula is C14H20FN3O2S. The summed E-state index contributed by atoms with van der Waals surface area (Å²) in [5, 5.41) is -0.187. The zero-order chi connectivity index (χ0) is 14.9. The molecule has 2 fully saturated rings. The molecule has 0 radical (unpaired) electrons. The van der Waals surface area contributed by atoms with Gasteiger partial charge in [0.05, 0.1) is 17.2 Å². The summed E-state index contributed by atoms with van der Waals surface area (Å²) in [5.74, 6) is 0.797. The molecule has 0 spiro atoms. The van der Waals surface area contributed by atoms with E-state index in [1.165, 1.54) is 12.3 Å². The third kappa shape index (κ3) is 3.35. The fraction of sp³-hybridized carbons (Fsp3) is 0.643. The molecule has 0 aliphatic carbocycles. The van der Waals surface area contributed by atoms with Crippen molar-refractivity contribution in [2.24, 2.45) is 0 Å². The minimum atomic E-state index is -2.87. The van der Waals surface area contributed by atoms with Gasteiger partial charge in [-0.1, -0.05) is 0 Å². The predicted molar refractivity (Wildman–Crippen MR) is 79.7 cm³/mol. The largest absolute Gasteiger partial charge is 0.354 e. The molecule has 0 N–H and O–H groups in total. The molecule has 21 heavy (non-hydrogen) atoms. The number of halogens is 1. The topological polar surface area (TPSA) is 53.5 Å². The normalized spacial score (nSPS) is 26.1. The minimum Gasteiger partial charge on any atom is -0.354 e. The van der Waals surface area contributed by atoms with Crippen LogP contribution in [0.15, 0.2) is 18.3 Å². The van der Waals surface area contributed by atoms with Crippen LogP contribution >= 0.6 is 0 Å².